The molecule has 3 nitrogen and oxygen atoms in total. The van der Waals surface area contributed by atoms with Crippen molar-refractivity contribution in [3.8, 4) is 0 Å². The molecule has 2 aromatic rings. The molecular weight excluding hydrogens is 186 g/mol. The van der Waals surface area contributed by atoms with Gasteiger partial charge in [-0.2, -0.15) is 0 Å². The average molecular weight is 194 g/mol. The lowest BCUT2D eigenvalue weighted by Crippen LogP contribution is -1.95. The lowest BCUT2D eigenvalue weighted by Gasteiger charge is -2.00. The number of halogens is 1. The molecule has 0 amide bonds. The Morgan fingerprint density at radius 2 is 2.23 bits per heavy atom. The van der Waals surface area contributed by atoms with Crippen molar-refractivity contribution in [2.75, 3.05) is 0 Å². The molecule has 0 N–H and O–H groups in total. The molecule has 0 atom stereocenters. The maximum absolute atomic E-state index is 5.93. The molecule has 0 saturated heterocycles. The summed E-state index contributed by atoms with van der Waals surface area (Å²) in [4.78, 5) is 12.5. The minimum Gasteiger partial charge on any atom is -0.251 e. The van der Waals surface area contributed by atoms with Crippen molar-refractivity contribution in [1.29, 1.82) is 0 Å². The molecule has 13 heavy (non-hydrogen) atoms. The number of aromatic nitrogens is 3. The van der Waals surface area contributed by atoms with Gasteiger partial charge in [-0.05, 0) is 12.1 Å². The summed E-state index contributed by atoms with van der Waals surface area (Å²) in [7, 11) is 0. The summed E-state index contributed by atoms with van der Waals surface area (Å²) >= 11 is 5.93. The Hall–Kier alpha value is -1.22. The van der Waals surface area contributed by atoms with Crippen LogP contribution in [0.4, 0.5) is 0 Å². The summed E-state index contributed by atoms with van der Waals surface area (Å²) in [5.41, 5.74) is 1.47. The standard InChI is InChI=1S/C9H8ClN3/c1-2-7-12-6-4-3-5-11-8(6)9(10)13-7/h3-5H,2H2,1H3. The third-order valence-corrected chi connectivity index (χ3v) is 2.04. The predicted octanol–water partition coefficient (Wildman–Crippen LogP) is 2.24. The fourth-order valence-corrected chi connectivity index (χ4v) is 1.38. The highest BCUT2D eigenvalue weighted by Crippen LogP contribution is 2.17. The smallest absolute Gasteiger partial charge is 0.159 e. The largest absolute Gasteiger partial charge is 0.251 e. The number of rotatable bonds is 1. The minimum absolute atomic E-state index is 0.433. The van der Waals surface area contributed by atoms with E-state index in [0.29, 0.717) is 10.7 Å². The molecule has 2 heterocycles. The van der Waals surface area contributed by atoms with Gasteiger partial charge in [-0.15, -0.1) is 0 Å². The molecule has 2 aromatic heterocycles. The minimum atomic E-state index is 0.433. The van der Waals surface area contributed by atoms with Gasteiger partial charge in [0.05, 0.1) is 5.52 Å². The quantitative estimate of drug-likeness (QED) is 0.652. The van der Waals surface area contributed by atoms with Crippen molar-refractivity contribution < 1.29 is 0 Å². The number of hydrogen-bond acceptors (Lipinski definition) is 3. The molecule has 0 aliphatic carbocycles. The van der Waals surface area contributed by atoms with E-state index in [0.717, 1.165) is 17.8 Å². The Morgan fingerprint density at radius 3 is 3.00 bits per heavy atom. The molecule has 4 heteroatoms. The van der Waals surface area contributed by atoms with Gasteiger partial charge in [0.2, 0.25) is 0 Å². The van der Waals surface area contributed by atoms with E-state index in [1.165, 1.54) is 0 Å². The Morgan fingerprint density at radius 1 is 1.38 bits per heavy atom. The molecule has 0 saturated carbocycles. The third kappa shape index (κ3) is 1.47. The highest BCUT2D eigenvalue weighted by Gasteiger charge is 2.04. The summed E-state index contributed by atoms with van der Waals surface area (Å²) < 4.78 is 0. The number of hydrogen-bond donors (Lipinski definition) is 0. The first-order valence-corrected chi connectivity index (χ1v) is 4.46. The number of pyridine rings is 1. The zero-order valence-electron chi connectivity index (χ0n) is 7.16. The Kier molecular flexibility index (Phi) is 2.10. The van der Waals surface area contributed by atoms with E-state index < -0.39 is 0 Å². The monoisotopic (exact) mass is 193 g/mol. The summed E-state index contributed by atoms with van der Waals surface area (Å²) in [5.74, 6) is 0.755. The molecule has 0 spiro atoms. The van der Waals surface area contributed by atoms with E-state index in [9.17, 15) is 0 Å². The number of aryl methyl sites for hydroxylation is 1. The van der Waals surface area contributed by atoms with Crippen LogP contribution in [0.1, 0.15) is 12.7 Å². The van der Waals surface area contributed by atoms with Crippen molar-refractivity contribution in [1.82, 2.24) is 15.0 Å². The van der Waals surface area contributed by atoms with Gasteiger partial charge < -0.3 is 0 Å². The normalized spacial score (nSPS) is 10.6. The molecule has 0 aliphatic heterocycles. The first-order chi connectivity index (χ1) is 6.31. The first kappa shape index (κ1) is 8.38. The van der Waals surface area contributed by atoms with Crippen LogP contribution in [-0.2, 0) is 6.42 Å². The maximum Gasteiger partial charge on any atom is 0.159 e. The molecule has 0 unspecified atom stereocenters. The zero-order chi connectivity index (χ0) is 9.26. The first-order valence-electron chi connectivity index (χ1n) is 4.08. The fraction of sp³-hybridized carbons (Fsp3) is 0.222. The molecule has 0 radical (unpaired) electrons. The van der Waals surface area contributed by atoms with Crippen LogP contribution in [-0.4, -0.2) is 15.0 Å². The van der Waals surface area contributed by atoms with Crippen molar-refractivity contribution in [3.05, 3.63) is 29.3 Å². The number of nitrogens with zero attached hydrogens (tertiary/aromatic N) is 3. The Bertz CT molecular complexity index is 442. The van der Waals surface area contributed by atoms with E-state index >= 15 is 0 Å². The van der Waals surface area contributed by atoms with Gasteiger partial charge in [0.15, 0.2) is 5.15 Å². The zero-order valence-corrected chi connectivity index (χ0v) is 7.91. The Labute approximate surface area is 80.8 Å². The van der Waals surface area contributed by atoms with Gasteiger partial charge in [0.25, 0.3) is 0 Å². The Balaban J connectivity index is 2.77. The van der Waals surface area contributed by atoms with Crippen LogP contribution in [0.25, 0.3) is 11.0 Å². The molecule has 0 aliphatic rings. The molecule has 0 fully saturated rings. The molecule has 0 bridgehead atoms. The second-order valence-electron chi connectivity index (χ2n) is 2.66. The van der Waals surface area contributed by atoms with Crippen LogP contribution < -0.4 is 0 Å². The second-order valence-corrected chi connectivity index (χ2v) is 3.01. The van der Waals surface area contributed by atoms with E-state index in [4.69, 9.17) is 11.6 Å². The van der Waals surface area contributed by atoms with Crippen LogP contribution in [0, 0.1) is 0 Å². The topological polar surface area (TPSA) is 38.7 Å². The van der Waals surface area contributed by atoms with Gasteiger partial charge in [0, 0.05) is 12.6 Å². The second kappa shape index (κ2) is 3.26. The van der Waals surface area contributed by atoms with Gasteiger partial charge >= 0.3 is 0 Å². The molecule has 0 aromatic carbocycles. The molecule has 2 rings (SSSR count). The van der Waals surface area contributed by atoms with Gasteiger partial charge in [-0.1, -0.05) is 18.5 Å². The van der Waals surface area contributed by atoms with E-state index in [-0.39, 0.29) is 0 Å². The summed E-state index contributed by atoms with van der Waals surface area (Å²) in [6.45, 7) is 1.99. The van der Waals surface area contributed by atoms with Crippen LogP contribution in [0.2, 0.25) is 5.15 Å². The van der Waals surface area contributed by atoms with Crippen LogP contribution in [0.15, 0.2) is 18.3 Å². The van der Waals surface area contributed by atoms with Crippen LogP contribution in [0.5, 0.6) is 0 Å². The van der Waals surface area contributed by atoms with Crippen molar-refractivity contribution in [2.45, 2.75) is 13.3 Å². The van der Waals surface area contributed by atoms with E-state index in [2.05, 4.69) is 15.0 Å². The van der Waals surface area contributed by atoms with Crippen molar-refractivity contribution in [3.63, 3.8) is 0 Å². The fourth-order valence-electron chi connectivity index (χ4n) is 1.13. The van der Waals surface area contributed by atoms with Crippen molar-refractivity contribution in [2.24, 2.45) is 0 Å². The maximum atomic E-state index is 5.93. The van der Waals surface area contributed by atoms with E-state index in [1.54, 1.807) is 6.20 Å². The predicted molar refractivity (Wildman–Crippen MR) is 51.7 cm³/mol. The highest BCUT2D eigenvalue weighted by molar-refractivity contribution is 6.33. The van der Waals surface area contributed by atoms with Gasteiger partial charge in [0.1, 0.15) is 11.3 Å². The van der Waals surface area contributed by atoms with Gasteiger partial charge in [-0.3, -0.25) is 4.98 Å². The number of fused-ring (bicyclic) bond motifs is 1. The molecule has 66 valence electrons. The lowest BCUT2D eigenvalue weighted by molar-refractivity contribution is 0.958. The summed E-state index contributed by atoms with van der Waals surface area (Å²) in [6, 6.07) is 3.72. The average Bonchev–Trinajstić information content (AvgIpc) is 2.18. The van der Waals surface area contributed by atoms with Crippen molar-refractivity contribution >= 4 is 22.6 Å². The third-order valence-electron chi connectivity index (χ3n) is 1.77. The lowest BCUT2D eigenvalue weighted by atomic mass is 10.3. The highest BCUT2D eigenvalue weighted by atomic mass is 35.5. The van der Waals surface area contributed by atoms with Gasteiger partial charge in [-0.25, -0.2) is 9.97 Å². The molecular formula is C9H8ClN3. The van der Waals surface area contributed by atoms with Crippen LogP contribution >= 0.6 is 11.6 Å². The SMILES string of the molecule is CCc1nc(Cl)c2ncccc2n1. The van der Waals surface area contributed by atoms with Crippen LogP contribution in [0.3, 0.4) is 0 Å². The summed E-state index contributed by atoms with van der Waals surface area (Å²) in [6.07, 6.45) is 2.47. The van der Waals surface area contributed by atoms with E-state index in [1.807, 2.05) is 19.1 Å². The summed E-state index contributed by atoms with van der Waals surface area (Å²) in [5, 5.41) is 0.433.